The minimum Gasteiger partial charge on any atom is -0.282 e. The first-order valence-electron chi connectivity index (χ1n) is 6.39. The van der Waals surface area contributed by atoms with Gasteiger partial charge in [-0.3, -0.25) is 4.55 Å². The van der Waals surface area contributed by atoms with E-state index in [4.69, 9.17) is 4.55 Å². The fourth-order valence-corrected chi connectivity index (χ4v) is 2.66. The lowest BCUT2D eigenvalue weighted by Gasteiger charge is -2.03. The van der Waals surface area contributed by atoms with Gasteiger partial charge >= 0.3 is 0 Å². The number of benzene rings is 2. The van der Waals surface area contributed by atoms with Crippen molar-refractivity contribution in [3.63, 3.8) is 0 Å². The van der Waals surface area contributed by atoms with Gasteiger partial charge in [-0.05, 0) is 73.5 Å². The predicted octanol–water partition coefficient (Wildman–Crippen LogP) is 4.46. The second-order valence-electron chi connectivity index (χ2n) is 5.00. The monoisotopic (exact) mass is 418 g/mol. The maximum Gasteiger partial charge on any atom is 0.294 e. The predicted molar refractivity (Wildman–Crippen MR) is 94.4 cm³/mol. The fraction of sp³-hybridized carbons (Fsp3) is 0.250. The third-order valence-electron chi connectivity index (χ3n) is 2.90. The zero-order chi connectivity index (χ0) is 16.2. The highest BCUT2D eigenvalue weighted by atomic mass is 127. The van der Waals surface area contributed by atoms with Crippen LogP contribution in [0.25, 0.3) is 0 Å². The second-order valence-corrected chi connectivity index (χ2v) is 7.50. The van der Waals surface area contributed by atoms with Crippen LogP contribution in [0.5, 0.6) is 0 Å². The number of hydrogen-bond donors (Lipinski definition) is 1. The van der Waals surface area contributed by atoms with Crippen molar-refractivity contribution in [1.29, 1.82) is 0 Å². The van der Waals surface area contributed by atoms with Crippen molar-refractivity contribution < 1.29 is 13.0 Å². The molecule has 2 rings (SSSR count). The van der Waals surface area contributed by atoms with Crippen LogP contribution in [-0.4, -0.2) is 13.0 Å². The third-order valence-corrected chi connectivity index (χ3v) is 5.47. The lowest BCUT2D eigenvalue weighted by atomic mass is 10.1. The minimum absolute atomic E-state index is 0.0666. The van der Waals surface area contributed by atoms with Crippen molar-refractivity contribution in [1.82, 2.24) is 0 Å². The molecule has 0 unspecified atom stereocenters. The molecule has 0 aliphatic carbocycles. The van der Waals surface area contributed by atoms with E-state index in [9.17, 15) is 8.42 Å². The fourth-order valence-electron chi connectivity index (χ4n) is 1.87. The molecule has 0 fully saturated rings. The van der Waals surface area contributed by atoms with Crippen LogP contribution >= 0.6 is 22.6 Å². The van der Waals surface area contributed by atoms with Crippen LogP contribution in [0.3, 0.4) is 0 Å². The van der Waals surface area contributed by atoms with Crippen molar-refractivity contribution >= 4 is 32.7 Å². The van der Waals surface area contributed by atoms with Crippen LogP contribution in [0.1, 0.15) is 22.3 Å². The van der Waals surface area contributed by atoms with Crippen molar-refractivity contribution in [2.45, 2.75) is 32.6 Å². The Hall–Kier alpha value is -0.920. The molecule has 0 saturated carbocycles. The zero-order valence-corrected chi connectivity index (χ0v) is 15.5. The highest BCUT2D eigenvalue weighted by Gasteiger charge is 2.06. The van der Waals surface area contributed by atoms with Gasteiger partial charge in [0, 0.05) is 3.57 Å². The number of hydrogen-bond acceptors (Lipinski definition) is 2. The van der Waals surface area contributed by atoms with Crippen molar-refractivity contribution in [2.75, 3.05) is 0 Å². The van der Waals surface area contributed by atoms with Gasteiger partial charge in [0.25, 0.3) is 10.1 Å². The van der Waals surface area contributed by atoms with Crippen molar-refractivity contribution in [3.05, 3.63) is 62.2 Å². The lowest BCUT2D eigenvalue weighted by molar-refractivity contribution is 0.483. The summed E-state index contributed by atoms with van der Waals surface area (Å²) in [5.41, 5.74) is 5.09. The molecule has 2 aromatic rings. The summed E-state index contributed by atoms with van der Waals surface area (Å²) in [6.07, 6.45) is 0. The quantitative estimate of drug-likeness (QED) is 0.550. The molecule has 0 aliphatic heterocycles. The molecule has 0 atom stereocenters. The molecule has 21 heavy (non-hydrogen) atoms. The zero-order valence-electron chi connectivity index (χ0n) is 12.5. The van der Waals surface area contributed by atoms with E-state index >= 15 is 0 Å². The van der Waals surface area contributed by atoms with E-state index in [0.29, 0.717) is 0 Å². The summed E-state index contributed by atoms with van der Waals surface area (Å²) in [5, 5.41) is 0. The van der Waals surface area contributed by atoms with Crippen LogP contribution in [0.2, 0.25) is 0 Å². The Kier molecular flexibility index (Phi) is 6.37. The van der Waals surface area contributed by atoms with Crippen molar-refractivity contribution in [3.8, 4) is 0 Å². The first-order chi connectivity index (χ1) is 9.61. The molecular formula is C16H19IO3S. The summed E-state index contributed by atoms with van der Waals surface area (Å²) in [4.78, 5) is -0.0666. The van der Waals surface area contributed by atoms with Gasteiger partial charge in [0.1, 0.15) is 0 Å². The van der Waals surface area contributed by atoms with E-state index in [2.05, 4.69) is 55.5 Å². The van der Waals surface area contributed by atoms with E-state index in [1.54, 1.807) is 12.1 Å². The molecular weight excluding hydrogens is 399 g/mol. The van der Waals surface area contributed by atoms with E-state index < -0.39 is 10.1 Å². The third kappa shape index (κ3) is 5.76. The van der Waals surface area contributed by atoms with Gasteiger partial charge in [-0.15, -0.1) is 0 Å². The SMILES string of the molecule is Cc1cc(C)c(I)c(C)c1.Cc1ccc(S(=O)(=O)O)cc1. The van der Waals surface area contributed by atoms with Gasteiger partial charge in [0.15, 0.2) is 0 Å². The Morgan fingerprint density at radius 3 is 1.67 bits per heavy atom. The number of halogens is 1. The Morgan fingerprint density at radius 2 is 1.29 bits per heavy atom. The number of aryl methyl sites for hydroxylation is 4. The van der Waals surface area contributed by atoms with E-state index in [1.165, 1.54) is 32.4 Å². The Morgan fingerprint density at radius 1 is 0.857 bits per heavy atom. The normalized spacial score (nSPS) is 10.8. The average molecular weight is 418 g/mol. The molecule has 0 aliphatic rings. The molecule has 0 spiro atoms. The van der Waals surface area contributed by atoms with Gasteiger partial charge < -0.3 is 0 Å². The van der Waals surface area contributed by atoms with Crippen LogP contribution in [0.4, 0.5) is 0 Å². The standard InChI is InChI=1S/C9H11I.C7H8O3S/c1-6-4-7(2)9(10)8(3)5-6;1-6-2-4-7(5-3-6)11(8,9)10/h4-5H,1-3H3;2-5H,1H3,(H,8,9,10). The summed E-state index contributed by atoms with van der Waals surface area (Å²) in [5.74, 6) is 0. The molecule has 0 bridgehead atoms. The summed E-state index contributed by atoms with van der Waals surface area (Å²) < 4.78 is 30.9. The lowest BCUT2D eigenvalue weighted by Crippen LogP contribution is -1.96. The van der Waals surface area contributed by atoms with Gasteiger partial charge in [-0.1, -0.05) is 35.4 Å². The van der Waals surface area contributed by atoms with E-state index in [0.717, 1.165) is 5.56 Å². The minimum atomic E-state index is -4.02. The van der Waals surface area contributed by atoms with Crippen LogP contribution in [0.15, 0.2) is 41.3 Å². The highest BCUT2D eigenvalue weighted by Crippen LogP contribution is 2.17. The summed E-state index contributed by atoms with van der Waals surface area (Å²) in [7, 11) is -4.02. The van der Waals surface area contributed by atoms with Gasteiger partial charge in [0.05, 0.1) is 4.90 Å². The molecule has 0 radical (unpaired) electrons. The van der Waals surface area contributed by atoms with Crippen LogP contribution in [0, 0.1) is 31.3 Å². The average Bonchev–Trinajstić information content (AvgIpc) is 2.36. The first-order valence-corrected chi connectivity index (χ1v) is 8.90. The Balaban J connectivity index is 0.000000211. The van der Waals surface area contributed by atoms with Gasteiger partial charge in [-0.25, -0.2) is 0 Å². The molecule has 0 amide bonds. The van der Waals surface area contributed by atoms with Gasteiger partial charge in [0.2, 0.25) is 0 Å². The topological polar surface area (TPSA) is 54.4 Å². The van der Waals surface area contributed by atoms with Crippen LogP contribution in [-0.2, 0) is 10.1 Å². The molecule has 114 valence electrons. The smallest absolute Gasteiger partial charge is 0.282 e. The molecule has 0 aromatic heterocycles. The molecule has 3 nitrogen and oxygen atoms in total. The van der Waals surface area contributed by atoms with E-state index in [1.807, 2.05) is 6.92 Å². The van der Waals surface area contributed by atoms with Gasteiger partial charge in [-0.2, -0.15) is 8.42 Å². The number of rotatable bonds is 1. The summed E-state index contributed by atoms with van der Waals surface area (Å²) >= 11 is 2.39. The Bertz CT molecular complexity index is 697. The van der Waals surface area contributed by atoms with E-state index in [-0.39, 0.29) is 4.90 Å². The molecule has 5 heteroatoms. The molecule has 2 aromatic carbocycles. The highest BCUT2D eigenvalue weighted by molar-refractivity contribution is 14.1. The molecule has 0 saturated heterocycles. The largest absolute Gasteiger partial charge is 0.294 e. The second kappa shape index (κ2) is 7.38. The first kappa shape index (κ1) is 18.1. The van der Waals surface area contributed by atoms with Crippen LogP contribution < -0.4 is 0 Å². The summed E-state index contributed by atoms with van der Waals surface area (Å²) in [6, 6.07) is 10.4. The maximum absolute atomic E-state index is 10.5. The maximum atomic E-state index is 10.5. The Labute approximate surface area is 140 Å². The summed E-state index contributed by atoms with van der Waals surface area (Å²) in [6.45, 7) is 8.29. The molecule has 1 N–H and O–H groups in total. The molecule has 0 heterocycles. The van der Waals surface area contributed by atoms with Crippen molar-refractivity contribution in [2.24, 2.45) is 0 Å².